The zero-order valence-corrected chi connectivity index (χ0v) is 12.4. The summed E-state index contributed by atoms with van der Waals surface area (Å²) in [7, 11) is 0. The predicted octanol–water partition coefficient (Wildman–Crippen LogP) is -0.170. The third-order valence-corrected chi connectivity index (χ3v) is 2.68. The van der Waals surface area contributed by atoms with E-state index in [0.717, 1.165) is 0 Å². The van der Waals surface area contributed by atoms with Crippen LogP contribution in [0.3, 0.4) is 0 Å². The van der Waals surface area contributed by atoms with Crippen LogP contribution in [0.4, 0.5) is 0 Å². The number of hydrogen-bond acceptors (Lipinski definition) is 8. The third kappa shape index (κ3) is 3.92. The zero-order valence-electron chi connectivity index (χ0n) is 12.4. The van der Waals surface area contributed by atoms with Crippen molar-refractivity contribution in [1.29, 1.82) is 0 Å². The van der Waals surface area contributed by atoms with Crippen molar-refractivity contribution in [2.24, 2.45) is 0 Å². The second kappa shape index (κ2) is 7.94. The minimum Gasteiger partial charge on any atom is -0.464 e. The molecule has 0 aromatic heterocycles. The quantitative estimate of drug-likeness (QED) is 0.379. The maximum atomic E-state index is 12.1. The van der Waals surface area contributed by atoms with Gasteiger partial charge in [0.05, 0.1) is 33.0 Å². The highest BCUT2D eigenvalue weighted by Crippen LogP contribution is 2.24. The zero-order chi connectivity index (χ0) is 15.9. The van der Waals surface area contributed by atoms with Gasteiger partial charge in [-0.05, 0) is 20.8 Å². The number of ether oxygens (including phenoxy) is 5. The van der Waals surface area contributed by atoms with Crippen molar-refractivity contribution in [2.75, 3.05) is 33.0 Å². The topological polar surface area (TPSA) is 97.4 Å². The summed E-state index contributed by atoms with van der Waals surface area (Å²) in [5, 5.41) is 0. The van der Waals surface area contributed by atoms with E-state index in [4.69, 9.17) is 23.7 Å². The lowest BCUT2D eigenvalue weighted by Gasteiger charge is -2.35. The molecule has 21 heavy (non-hydrogen) atoms. The minimum atomic E-state index is -2.10. The Morgan fingerprint density at radius 3 is 2.00 bits per heavy atom. The predicted molar refractivity (Wildman–Crippen MR) is 68.3 cm³/mol. The number of carbonyl (C=O) groups is 3. The highest BCUT2D eigenvalue weighted by atomic mass is 16.7. The van der Waals surface area contributed by atoms with Crippen molar-refractivity contribution in [2.45, 2.75) is 32.5 Å². The summed E-state index contributed by atoms with van der Waals surface area (Å²) in [4.78, 5) is 35.9. The molecular formula is C13H20O8. The van der Waals surface area contributed by atoms with Crippen molar-refractivity contribution in [3.05, 3.63) is 0 Å². The summed E-state index contributed by atoms with van der Waals surface area (Å²) >= 11 is 0. The van der Waals surface area contributed by atoms with Crippen molar-refractivity contribution >= 4 is 17.9 Å². The van der Waals surface area contributed by atoms with E-state index in [1.165, 1.54) is 0 Å². The molecule has 0 radical (unpaired) electrons. The highest BCUT2D eigenvalue weighted by molar-refractivity contribution is 6.04. The molecule has 1 fully saturated rings. The Balaban J connectivity index is 2.97. The first-order valence-electron chi connectivity index (χ1n) is 6.78. The standard InChI is InChI=1S/C13H20O8/c1-4-18-10(14)9-7-17-8-13(21-9,11(15)19-5-2)12(16)20-6-3/h9H,4-8H2,1-3H3. The lowest BCUT2D eigenvalue weighted by molar-refractivity contribution is -0.232. The van der Waals surface area contributed by atoms with Gasteiger partial charge in [-0.3, -0.25) is 0 Å². The molecule has 1 saturated heterocycles. The number of carbonyl (C=O) groups excluding carboxylic acids is 3. The van der Waals surface area contributed by atoms with Gasteiger partial charge in [0.15, 0.2) is 6.10 Å². The summed E-state index contributed by atoms with van der Waals surface area (Å²) < 4.78 is 25.0. The Kier molecular flexibility index (Phi) is 6.57. The van der Waals surface area contributed by atoms with Crippen LogP contribution in [0.2, 0.25) is 0 Å². The maximum absolute atomic E-state index is 12.1. The van der Waals surface area contributed by atoms with Crippen LogP contribution in [0.15, 0.2) is 0 Å². The van der Waals surface area contributed by atoms with Crippen LogP contribution >= 0.6 is 0 Å². The Hall–Kier alpha value is -1.67. The van der Waals surface area contributed by atoms with E-state index in [0.29, 0.717) is 0 Å². The van der Waals surface area contributed by atoms with Crippen molar-refractivity contribution in [3.8, 4) is 0 Å². The molecule has 8 nitrogen and oxygen atoms in total. The van der Waals surface area contributed by atoms with E-state index < -0.39 is 29.6 Å². The van der Waals surface area contributed by atoms with E-state index in [1.807, 2.05) is 0 Å². The molecule has 1 heterocycles. The molecule has 1 aliphatic heterocycles. The lowest BCUT2D eigenvalue weighted by Crippen LogP contribution is -2.61. The fourth-order valence-electron chi connectivity index (χ4n) is 1.76. The minimum absolute atomic E-state index is 0.0490. The molecular weight excluding hydrogens is 284 g/mol. The monoisotopic (exact) mass is 304 g/mol. The molecule has 1 aliphatic rings. The Bertz CT molecular complexity index is 374. The van der Waals surface area contributed by atoms with Gasteiger partial charge in [0, 0.05) is 0 Å². The molecule has 8 heteroatoms. The van der Waals surface area contributed by atoms with E-state index in [-0.39, 0.29) is 33.0 Å². The smallest absolute Gasteiger partial charge is 0.352 e. The van der Waals surface area contributed by atoms with Gasteiger partial charge in [0.25, 0.3) is 5.60 Å². The van der Waals surface area contributed by atoms with E-state index in [2.05, 4.69) is 0 Å². The first-order chi connectivity index (χ1) is 10.0. The second-order valence-corrected chi connectivity index (χ2v) is 4.14. The van der Waals surface area contributed by atoms with Gasteiger partial charge in [0.2, 0.25) is 0 Å². The lowest BCUT2D eigenvalue weighted by atomic mass is 10.0. The van der Waals surface area contributed by atoms with E-state index in [1.54, 1.807) is 20.8 Å². The largest absolute Gasteiger partial charge is 0.464 e. The molecule has 0 spiro atoms. The first kappa shape index (κ1) is 17.4. The summed E-state index contributed by atoms with van der Waals surface area (Å²) in [5.74, 6) is -2.61. The summed E-state index contributed by atoms with van der Waals surface area (Å²) in [5.41, 5.74) is -2.10. The number of hydrogen-bond donors (Lipinski definition) is 0. The number of esters is 3. The third-order valence-electron chi connectivity index (χ3n) is 2.68. The van der Waals surface area contributed by atoms with Crippen LogP contribution in [0, 0.1) is 0 Å². The summed E-state index contributed by atoms with van der Waals surface area (Å²) in [6, 6.07) is 0. The molecule has 0 N–H and O–H groups in total. The van der Waals surface area contributed by atoms with Crippen molar-refractivity contribution in [1.82, 2.24) is 0 Å². The average Bonchev–Trinajstić information content (AvgIpc) is 2.48. The van der Waals surface area contributed by atoms with Gasteiger partial charge in [-0.2, -0.15) is 0 Å². The molecule has 0 aromatic carbocycles. The van der Waals surface area contributed by atoms with Gasteiger partial charge < -0.3 is 23.7 Å². The van der Waals surface area contributed by atoms with Crippen molar-refractivity contribution in [3.63, 3.8) is 0 Å². The molecule has 0 saturated carbocycles. The first-order valence-corrected chi connectivity index (χ1v) is 6.78. The highest BCUT2D eigenvalue weighted by Gasteiger charge is 2.56. The fraction of sp³-hybridized carbons (Fsp3) is 0.769. The molecule has 0 aromatic rings. The summed E-state index contributed by atoms with van der Waals surface area (Å²) in [6.45, 7) is 4.56. The molecule has 0 bridgehead atoms. The van der Waals surface area contributed by atoms with Crippen LogP contribution in [-0.4, -0.2) is 62.6 Å². The maximum Gasteiger partial charge on any atom is 0.352 e. The normalized spacial score (nSPS) is 20.4. The Morgan fingerprint density at radius 1 is 1.00 bits per heavy atom. The second-order valence-electron chi connectivity index (χ2n) is 4.14. The molecule has 1 rings (SSSR count). The van der Waals surface area contributed by atoms with Crippen LogP contribution in [0.25, 0.3) is 0 Å². The molecule has 0 aliphatic carbocycles. The van der Waals surface area contributed by atoms with Crippen LogP contribution in [0.5, 0.6) is 0 Å². The van der Waals surface area contributed by atoms with E-state index >= 15 is 0 Å². The van der Waals surface area contributed by atoms with Gasteiger partial charge in [0.1, 0.15) is 0 Å². The Morgan fingerprint density at radius 2 is 1.52 bits per heavy atom. The molecule has 1 unspecified atom stereocenters. The molecule has 0 amide bonds. The summed E-state index contributed by atoms with van der Waals surface area (Å²) in [6.07, 6.45) is -1.19. The van der Waals surface area contributed by atoms with Crippen LogP contribution < -0.4 is 0 Å². The van der Waals surface area contributed by atoms with Gasteiger partial charge in [-0.1, -0.05) is 0 Å². The average molecular weight is 304 g/mol. The fourth-order valence-corrected chi connectivity index (χ4v) is 1.76. The van der Waals surface area contributed by atoms with Gasteiger partial charge in [-0.15, -0.1) is 0 Å². The van der Waals surface area contributed by atoms with E-state index in [9.17, 15) is 14.4 Å². The van der Waals surface area contributed by atoms with Crippen LogP contribution in [0.1, 0.15) is 20.8 Å². The van der Waals surface area contributed by atoms with Crippen LogP contribution in [-0.2, 0) is 38.1 Å². The SMILES string of the molecule is CCOC(=O)C1COCC(C(=O)OCC)(C(=O)OCC)O1. The van der Waals surface area contributed by atoms with Gasteiger partial charge in [-0.25, -0.2) is 14.4 Å². The van der Waals surface area contributed by atoms with Gasteiger partial charge >= 0.3 is 17.9 Å². The van der Waals surface area contributed by atoms with Crippen molar-refractivity contribution < 1.29 is 38.1 Å². The molecule has 120 valence electrons. The Labute approximate surface area is 122 Å². The molecule has 1 atom stereocenters. The number of rotatable bonds is 6.